The van der Waals surface area contributed by atoms with Gasteiger partial charge in [-0.15, -0.1) is 0 Å². The fourth-order valence-electron chi connectivity index (χ4n) is 3.55. The van der Waals surface area contributed by atoms with E-state index in [9.17, 15) is 4.79 Å². The molecule has 0 radical (unpaired) electrons. The lowest BCUT2D eigenvalue weighted by Gasteiger charge is -2.29. The summed E-state index contributed by atoms with van der Waals surface area (Å²) < 4.78 is 5.44. The van der Waals surface area contributed by atoms with Crippen molar-refractivity contribution < 1.29 is 9.21 Å². The number of hydrogen-bond donors (Lipinski definition) is 2. The van der Waals surface area contributed by atoms with Gasteiger partial charge in [-0.3, -0.25) is 4.79 Å². The van der Waals surface area contributed by atoms with Crippen LogP contribution in [-0.4, -0.2) is 42.6 Å². The maximum atomic E-state index is 12.3. The number of aromatic nitrogens is 2. The molecule has 2 heterocycles. The summed E-state index contributed by atoms with van der Waals surface area (Å²) in [6.07, 6.45) is 6.05. The summed E-state index contributed by atoms with van der Waals surface area (Å²) in [7, 11) is 3.94. The lowest BCUT2D eigenvalue weighted by atomic mass is 9.86. The standard InChI is InChI=1S/C20H29N5O2/c1-13-11-17(14(2)27-13)19(26)22-12-15-5-7-16(8-6-15)23-20-21-10-9-18(24-20)25(3)4/h9-11,15-16H,5-8,12H2,1-4H3,(H,22,26)(H,21,23,24)/t15-,16+. The first-order chi connectivity index (χ1) is 12.9. The van der Waals surface area contributed by atoms with Crippen molar-refractivity contribution in [2.75, 3.05) is 30.9 Å². The molecule has 2 N–H and O–H groups in total. The second-order valence-electron chi connectivity index (χ2n) is 7.53. The van der Waals surface area contributed by atoms with Crippen LogP contribution in [0, 0.1) is 19.8 Å². The Morgan fingerprint density at radius 2 is 2.00 bits per heavy atom. The van der Waals surface area contributed by atoms with Crippen molar-refractivity contribution in [1.29, 1.82) is 0 Å². The Morgan fingerprint density at radius 1 is 1.26 bits per heavy atom. The van der Waals surface area contributed by atoms with Crippen LogP contribution in [0.4, 0.5) is 11.8 Å². The normalized spacial score (nSPS) is 19.6. The Kier molecular flexibility index (Phi) is 5.98. The van der Waals surface area contributed by atoms with Crippen LogP contribution in [0.1, 0.15) is 47.6 Å². The molecule has 0 aliphatic heterocycles. The molecule has 2 aromatic rings. The van der Waals surface area contributed by atoms with Crippen LogP contribution in [0.15, 0.2) is 22.7 Å². The van der Waals surface area contributed by atoms with E-state index in [0.29, 0.717) is 35.8 Å². The molecule has 1 aliphatic rings. The number of anilines is 2. The van der Waals surface area contributed by atoms with Gasteiger partial charge in [0.25, 0.3) is 5.91 Å². The monoisotopic (exact) mass is 371 g/mol. The molecule has 0 unspecified atom stereocenters. The molecule has 1 aliphatic carbocycles. The van der Waals surface area contributed by atoms with Crippen molar-refractivity contribution in [2.45, 2.75) is 45.6 Å². The van der Waals surface area contributed by atoms with E-state index in [2.05, 4.69) is 20.6 Å². The summed E-state index contributed by atoms with van der Waals surface area (Å²) in [6.45, 7) is 4.39. The highest BCUT2D eigenvalue weighted by Crippen LogP contribution is 2.26. The van der Waals surface area contributed by atoms with Gasteiger partial charge in [0.15, 0.2) is 0 Å². The van der Waals surface area contributed by atoms with Gasteiger partial charge in [-0.1, -0.05) is 0 Å². The Hall–Kier alpha value is -2.57. The van der Waals surface area contributed by atoms with E-state index < -0.39 is 0 Å². The average Bonchev–Trinajstić information content (AvgIpc) is 2.99. The Bertz CT molecular complexity index is 778. The summed E-state index contributed by atoms with van der Waals surface area (Å²) in [5.41, 5.74) is 0.640. The van der Waals surface area contributed by atoms with Crippen molar-refractivity contribution in [3.8, 4) is 0 Å². The Labute approximate surface area is 160 Å². The van der Waals surface area contributed by atoms with E-state index in [-0.39, 0.29) is 5.91 Å². The van der Waals surface area contributed by atoms with Crippen LogP contribution in [0.25, 0.3) is 0 Å². The number of nitrogens with one attached hydrogen (secondary N) is 2. The van der Waals surface area contributed by atoms with Crippen molar-refractivity contribution in [2.24, 2.45) is 5.92 Å². The number of carbonyl (C=O) groups is 1. The highest BCUT2D eigenvalue weighted by Gasteiger charge is 2.23. The highest BCUT2D eigenvalue weighted by molar-refractivity contribution is 5.95. The maximum Gasteiger partial charge on any atom is 0.254 e. The predicted molar refractivity (Wildman–Crippen MR) is 106 cm³/mol. The highest BCUT2D eigenvalue weighted by atomic mass is 16.3. The molecule has 0 aromatic carbocycles. The first-order valence-corrected chi connectivity index (χ1v) is 9.54. The summed E-state index contributed by atoms with van der Waals surface area (Å²) in [5, 5.41) is 6.51. The number of amides is 1. The Balaban J connectivity index is 1.44. The Morgan fingerprint density at radius 3 is 2.63 bits per heavy atom. The molecule has 1 fully saturated rings. The first kappa shape index (κ1) is 19.2. The number of furan rings is 1. The second kappa shape index (κ2) is 8.41. The van der Waals surface area contributed by atoms with Crippen LogP contribution >= 0.6 is 0 Å². The number of aryl methyl sites for hydroxylation is 2. The smallest absolute Gasteiger partial charge is 0.254 e. The van der Waals surface area contributed by atoms with E-state index in [1.54, 1.807) is 12.3 Å². The van der Waals surface area contributed by atoms with Crippen molar-refractivity contribution in [1.82, 2.24) is 15.3 Å². The quantitative estimate of drug-likeness (QED) is 0.812. The number of hydrogen-bond acceptors (Lipinski definition) is 6. The van der Waals surface area contributed by atoms with Gasteiger partial charge < -0.3 is 20.0 Å². The minimum Gasteiger partial charge on any atom is -0.466 e. The molecular weight excluding hydrogens is 342 g/mol. The first-order valence-electron chi connectivity index (χ1n) is 9.54. The van der Waals surface area contributed by atoms with Crippen LogP contribution < -0.4 is 15.5 Å². The van der Waals surface area contributed by atoms with Crippen LogP contribution in [0.2, 0.25) is 0 Å². The summed E-state index contributed by atoms with van der Waals surface area (Å²) in [6, 6.07) is 4.08. The zero-order chi connectivity index (χ0) is 19.4. The SMILES string of the molecule is Cc1cc(C(=O)NC[C@H]2CC[C@@H](Nc3nccc(N(C)C)n3)CC2)c(C)o1. The molecule has 2 aromatic heterocycles. The van der Waals surface area contributed by atoms with E-state index in [0.717, 1.165) is 37.3 Å². The molecule has 3 rings (SSSR count). The van der Waals surface area contributed by atoms with E-state index >= 15 is 0 Å². The fourth-order valence-corrected chi connectivity index (χ4v) is 3.55. The van der Waals surface area contributed by atoms with Gasteiger partial charge in [0, 0.05) is 32.9 Å². The van der Waals surface area contributed by atoms with Crippen molar-refractivity contribution >= 4 is 17.7 Å². The lowest BCUT2D eigenvalue weighted by Crippen LogP contribution is -2.34. The third kappa shape index (κ3) is 4.99. The molecule has 7 heteroatoms. The molecule has 7 nitrogen and oxygen atoms in total. The summed E-state index contributed by atoms with van der Waals surface area (Å²) in [5.74, 6) is 3.49. The molecule has 1 amide bonds. The second-order valence-corrected chi connectivity index (χ2v) is 7.53. The maximum absolute atomic E-state index is 12.3. The van der Waals surface area contributed by atoms with Crippen LogP contribution in [-0.2, 0) is 0 Å². The van der Waals surface area contributed by atoms with Crippen molar-refractivity contribution in [3.63, 3.8) is 0 Å². The predicted octanol–water partition coefficient (Wildman–Crippen LogP) is 3.15. The molecule has 0 spiro atoms. The average molecular weight is 371 g/mol. The topological polar surface area (TPSA) is 83.3 Å². The number of nitrogens with zero attached hydrogens (tertiary/aromatic N) is 3. The van der Waals surface area contributed by atoms with Gasteiger partial charge >= 0.3 is 0 Å². The molecule has 146 valence electrons. The largest absolute Gasteiger partial charge is 0.466 e. The molecular formula is C20H29N5O2. The minimum atomic E-state index is -0.0431. The third-order valence-electron chi connectivity index (χ3n) is 5.12. The van der Waals surface area contributed by atoms with Crippen LogP contribution in [0.5, 0.6) is 0 Å². The van der Waals surface area contributed by atoms with Gasteiger partial charge in [0.1, 0.15) is 17.3 Å². The van der Waals surface area contributed by atoms with Crippen LogP contribution in [0.3, 0.4) is 0 Å². The molecule has 0 atom stereocenters. The molecule has 27 heavy (non-hydrogen) atoms. The third-order valence-corrected chi connectivity index (χ3v) is 5.12. The molecule has 0 bridgehead atoms. The van der Waals surface area contributed by atoms with Gasteiger partial charge in [-0.25, -0.2) is 4.98 Å². The van der Waals surface area contributed by atoms with E-state index in [1.165, 1.54) is 0 Å². The number of carbonyl (C=O) groups excluding carboxylic acids is 1. The summed E-state index contributed by atoms with van der Waals surface area (Å²) in [4.78, 5) is 23.1. The molecule has 0 saturated heterocycles. The van der Waals surface area contributed by atoms with E-state index in [4.69, 9.17) is 4.42 Å². The van der Waals surface area contributed by atoms with Gasteiger partial charge in [-0.05, 0) is 57.6 Å². The zero-order valence-electron chi connectivity index (χ0n) is 16.6. The lowest BCUT2D eigenvalue weighted by molar-refractivity contribution is 0.0941. The fraction of sp³-hybridized carbons (Fsp3) is 0.550. The number of rotatable bonds is 6. The summed E-state index contributed by atoms with van der Waals surface area (Å²) >= 11 is 0. The van der Waals surface area contributed by atoms with Gasteiger partial charge in [-0.2, -0.15) is 4.98 Å². The van der Waals surface area contributed by atoms with Crippen molar-refractivity contribution in [3.05, 3.63) is 35.4 Å². The minimum absolute atomic E-state index is 0.0431. The molecule has 1 saturated carbocycles. The van der Waals surface area contributed by atoms with Gasteiger partial charge in [0.05, 0.1) is 5.56 Å². The zero-order valence-corrected chi connectivity index (χ0v) is 16.6. The van der Waals surface area contributed by atoms with Gasteiger partial charge in [0.2, 0.25) is 5.95 Å². The van der Waals surface area contributed by atoms with E-state index in [1.807, 2.05) is 38.9 Å².